The van der Waals surface area contributed by atoms with Gasteiger partial charge < -0.3 is 29.5 Å². The molecule has 290 valence electrons. The summed E-state index contributed by atoms with van der Waals surface area (Å²) in [7, 11) is 0. The fourth-order valence-corrected chi connectivity index (χ4v) is 7.48. The van der Waals surface area contributed by atoms with Crippen molar-refractivity contribution in [3.8, 4) is 5.75 Å². The van der Waals surface area contributed by atoms with Gasteiger partial charge in [-0.1, -0.05) is 31.5 Å². The van der Waals surface area contributed by atoms with Crippen LogP contribution in [0.25, 0.3) is 11.4 Å². The van der Waals surface area contributed by atoms with Gasteiger partial charge in [0.05, 0.1) is 34.1 Å². The first-order valence-electron chi connectivity index (χ1n) is 18.1. The van der Waals surface area contributed by atoms with Gasteiger partial charge in [0.25, 0.3) is 11.5 Å². The van der Waals surface area contributed by atoms with E-state index in [2.05, 4.69) is 15.4 Å². The number of anilines is 1. The average Bonchev–Trinajstić information content (AvgIpc) is 3.83. The molecule has 3 amide bonds. The Morgan fingerprint density at radius 2 is 1.84 bits per heavy atom. The van der Waals surface area contributed by atoms with Crippen LogP contribution in [-0.4, -0.2) is 83.0 Å². The molecule has 0 atom stereocenters. The fourth-order valence-electron chi connectivity index (χ4n) is 7.25. The Morgan fingerprint density at radius 3 is 2.47 bits per heavy atom. The Kier molecular flexibility index (Phi) is 10.2. The van der Waals surface area contributed by atoms with Crippen molar-refractivity contribution in [2.75, 3.05) is 31.5 Å². The van der Waals surface area contributed by atoms with Gasteiger partial charge in [0.15, 0.2) is 11.5 Å². The van der Waals surface area contributed by atoms with Crippen LogP contribution in [-0.2, 0) is 39.3 Å². The third-order valence-electron chi connectivity index (χ3n) is 10.2. The van der Waals surface area contributed by atoms with Crippen molar-refractivity contribution in [2.24, 2.45) is 5.92 Å². The van der Waals surface area contributed by atoms with Gasteiger partial charge in [-0.3, -0.25) is 19.2 Å². The van der Waals surface area contributed by atoms with Crippen molar-refractivity contribution < 1.29 is 37.4 Å². The minimum absolute atomic E-state index is 0.0399. The number of aromatic hydroxyl groups is 1. The maximum atomic E-state index is 14.3. The summed E-state index contributed by atoms with van der Waals surface area (Å²) in [5, 5.41) is 17.0. The molecule has 3 aromatic heterocycles. The summed E-state index contributed by atoms with van der Waals surface area (Å²) in [4.78, 5) is 65.8. The standard InChI is InChI=1S/C35H32ClF3N8O6.C2H6/c36-22-16-21(35(37,38)39)5-6-23(22)41-26(49)17-46-24-18-53-34(9-14-45(15-10-34)32(52)28-25(48)2-1-11-40-28)27(24)31(51)47-33(46)42-29(43-47)19-7-12-44(13-8-19)30(50)20-3-4-20;1-2/h1-2,5-7,11,16,20,48H,3-4,8-10,12-15,17-18H2,(H,41,49);1-2H3. The van der Waals surface area contributed by atoms with E-state index in [4.69, 9.17) is 21.3 Å². The molecule has 0 radical (unpaired) electrons. The molecule has 6 heterocycles. The Balaban J connectivity index is 0.00000229. The highest BCUT2D eigenvalue weighted by Gasteiger charge is 2.48. The third-order valence-corrected chi connectivity index (χ3v) is 10.6. The molecule has 14 nitrogen and oxygen atoms in total. The topological polar surface area (TPSA) is 164 Å². The van der Waals surface area contributed by atoms with Gasteiger partial charge in [0.1, 0.15) is 17.9 Å². The Morgan fingerprint density at radius 1 is 1.09 bits per heavy atom. The molecule has 1 saturated heterocycles. The molecule has 0 unspecified atom stereocenters. The number of carbonyl (C=O) groups excluding carboxylic acids is 3. The van der Waals surface area contributed by atoms with E-state index >= 15 is 0 Å². The van der Waals surface area contributed by atoms with Gasteiger partial charge in [-0.15, -0.1) is 5.10 Å². The number of aromatic nitrogens is 5. The lowest BCUT2D eigenvalue weighted by atomic mass is 9.85. The van der Waals surface area contributed by atoms with Gasteiger partial charge in [0, 0.05) is 38.3 Å². The molecular formula is C37H38ClF3N8O6. The molecule has 1 aromatic carbocycles. The van der Waals surface area contributed by atoms with Crippen molar-refractivity contribution in [1.82, 2.24) is 33.9 Å². The monoisotopic (exact) mass is 782 g/mol. The molecule has 0 bridgehead atoms. The summed E-state index contributed by atoms with van der Waals surface area (Å²) in [5.74, 6) is -0.878. The van der Waals surface area contributed by atoms with Crippen molar-refractivity contribution >= 4 is 46.4 Å². The summed E-state index contributed by atoms with van der Waals surface area (Å²) >= 11 is 6.13. The number of hydrogen-bond donors (Lipinski definition) is 2. The number of benzene rings is 1. The second-order valence-electron chi connectivity index (χ2n) is 13.6. The number of likely N-dealkylation sites (tertiary alicyclic amines) is 1. The number of piperidine rings is 1. The van der Waals surface area contributed by atoms with Crippen LogP contribution >= 0.6 is 11.6 Å². The average molecular weight is 783 g/mol. The van der Waals surface area contributed by atoms with Crippen LogP contribution in [0.1, 0.15) is 79.1 Å². The van der Waals surface area contributed by atoms with Crippen molar-refractivity contribution in [3.63, 3.8) is 0 Å². The van der Waals surface area contributed by atoms with Crippen LogP contribution in [0.3, 0.4) is 0 Å². The third kappa shape index (κ3) is 7.17. The lowest BCUT2D eigenvalue weighted by Gasteiger charge is -2.38. The number of hydrogen-bond acceptors (Lipinski definition) is 9. The highest BCUT2D eigenvalue weighted by atomic mass is 35.5. The second-order valence-corrected chi connectivity index (χ2v) is 14.0. The van der Waals surface area contributed by atoms with Crippen molar-refractivity contribution in [3.05, 3.63) is 86.3 Å². The first-order valence-corrected chi connectivity index (χ1v) is 18.5. The van der Waals surface area contributed by atoms with Gasteiger partial charge >= 0.3 is 6.18 Å². The Hall–Kier alpha value is -5.29. The largest absolute Gasteiger partial charge is 0.505 e. The summed E-state index contributed by atoms with van der Waals surface area (Å²) in [6.45, 7) is 4.69. The van der Waals surface area contributed by atoms with Crippen molar-refractivity contribution in [2.45, 2.75) is 70.9 Å². The molecule has 3 aliphatic heterocycles. The Bertz CT molecular complexity index is 2280. The minimum atomic E-state index is -4.63. The molecular weight excluding hydrogens is 745 g/mol. The van der Waals surface area contributed by atoms with Crippen LogP contribution in [0.5, 0.6) is 5.75 Å². The van der Waals surface area contributed by atoms with E-state index in [0.717, 1.165) is 41.1 Å². The Labute approximate surface area is 317 Å². The number of halogens is 4. The first-order chi connectivity index (χ1) is 26.3. The summed E-state index contributed by atoms with van der Waals surface area (Å²) in [5.41, 5.74) is -1.38. The van der Waals surface area contributed by atoms with Crippen LogP contribution < -0.4 is 10.9 Å². The van der Waals surface area contributed by atoms with E-state index in [1.54, 1.807) is 4.90 Å². The predicted octanol–water partition coefficient (Wildman–Crippen LogP) is 5.02. The maximum absolute atomic E-state index is 14.3. The molecule has 4 aromatic rings. The molecule has 1 spiro atoms. The van der Waals surface area contributed by atoms with Gasteiger partial charge in [-0.25, -0.2) is 4.98 Å². The quantitative estimate of drug-likeness (QED) is 0.274. The highest BCUT2D eigenvalue weighted by molar-refractivity contribution is 6.33. The maximum Gasteiger partial charge on any atom is 0.416 e. The van der Waals surface area contributed by atoms with Crippen LogP contribution in [0.15, 0.2) is 47.4 Å². The molecule has 8 rings (SSSR count). The predicted molar refractivity (Wildman–Crippen MR) is 193 cm³/mol. The highest BCUT2D eigenvalue weighted by Crippen LogP contribution is 2.43. The second kappa shape index (κ2) is 14.7. The van der Waals surface area contributed by atoms with Gasteiger partial charge in [0.2, 0.25) is 17.6 Å². The van der Waals surface area contributed by atoms with Crippen molar-refractivity contribution in [1.29, 1.82) is 0 Å². The molecule has 55 heavy (non-hydrogen) atoms. The number of rotatable bonds is 6. The van der Waals surface area contributed by atoms with Crippen LogP contribution in [0, 0.1) is 5.92 Å². The van der Waals surface area contributed by atoms with E-state index in [9.17, 15) is 37.5 Å². The zero-order valence-electron chi connectivity index (χ0n) is 30.0. The first kappa shape index (κ1) is 38.0. The zero-order valence-corrected chi connectivity index (χ0v) is 30.8. The van der Waals surface area contributed by atoms with Crippen LogP contribution in [0.4, 0.5) is 18.9 Å². The summed E-state index contributed by atoms with van der Waals surface area (Å²) < 4.78 is 48.7. The number of nitrogens with zero attached hydrogens (tertiary/aromatic N) is 7. The molecule has 1 saturated carbocycles. The molecule has 2 fully saturated rings. The lowest BCUT2D eigenvalue weighted by Crippen LogP contribution is -2.47. The molecule has 1 aliphatic carbocycles. The molecule has 18 heteroatoms. The SMILES string of the molecule is CC.O=C(Cn1c2c(c(=O)n3nc(C4=CCN(C(=O)C5CC5)CC4)nc13)C1(CCN(C(=O)c3ncccc3O)CC1)OC2)Nc1ccc(C(F)(F)F)cc1Cl. The number of fused-ring (bicyclic) bond motifs is 3. The van der Waals surface area contributed by atoms with E-state index in [0.29, 0.717) is 25.2 Å². The number of carbonyl (C=O) groups is 3. The number of pyridine rings is 1. The number of ether oxygens (including phenoxy) is 1. The van der Waals surface area contributed by atoms with E-state index in [1.807, 2.05) is 19.9 Å². The smallest absolute Gasteiger partial charge is 0.416 e. The summed E-state index contributed by atoms with van der Waals surface area (Å²) in [6, 6.07) is 5.47. The summed E-state index contributed by atoms with van der Waals surface area (Å²) in [6.07, 6.45) is 1.30. The molecule has 4 aliphatic rings. The number of amides is 3. The minimum Gasteiger partial charge on any atom is -0.505 e. The van der Waals surface area contributed by atoms with Crippen LogP contribution in [0.2, 0.25) is 5.02 Å². The fraction of sp³-hybridized carbons (Fsp3) is 0.432. The number of alkyl halides is 3. The molecule has 2 N–H and O–H groups in total. The van der Waals surface area contributed by atoms with E-state index in [-0.39, 0.29) is 83.7 Å². The zero-order chi connectivity index (χ0) is 39.2. The van der Waals surface area contributed by atoms with E-state index in [1.165, 1.54) is 27.8 Å². The number of nitrogens with one attached hydrogen (secondary N) is 1. The van der Waals surface area contributed by atoms with Gasteiger partial charge in [-0.2, -0.15) is 22.7 Å². The normalized spacial score (nSPS) is 17.7. The lowest BCUT2D eigenvalue weighted by molar-refractivity contribution is -0.137. The van der Waals surface area contributed by atoms with E-state index < -0.39 is 41.3 Å². The van der Waals surface area contributed by atoms with Gasteiger partial charge in [-0.05, 0) is 68.0 Å².